The van der Waals surface area contributed by atoms with E-state index in [0.29, 0.717) is 0 Å². The molecule has 1 aromatic heterocycles. The molecule has 15 heavy (non-hydrogen) atoms. The van der Waals surface area contributed by atoms with Gasteiger partial charge in [-0.1, -0.05) is 11.8 Å². The summed E-state index contributed by atoms with van der Waals surface area (Å²) >= 11 is 3.08. The minimum Gasteiger partial charge on any atom is -0.481 e. The van der Waals surface area contributed by atoms with Gasteiger partial charge in [-0.25, -0.2) is 4.98 Å². The lowest BCUT2D eigenvalue weighted by Crippen LogP contribution is -2.03. The van der Waals surface area contributed by atoms with Crippen LogP contribution >= 0.6 is 23.5 Å². The highest BCUT2D eigenvalue weighted by atomic mass is 32.2. The van der Waals surface area contributed by atoms with E-state index in [4.69, 9.17) is 5.11 Å². The molecule has 4 nitrogen and oxygen atoms in total. The van der Waals surface area contributed by atoms with Crippen molar-refractivity contribution in [3.05, 3.63) is 12.4 Å². The summed E-state index contributed by atoms with van der Waals surface area (Å²) in [6.45, 7) is 0.906. The fourth-order valence-corrected chi connectivity index (χ4v) is 2.24. The van der Waals surface area contributed by atoms with Crippen molar-refractivity contribution >= 4 is 29.5 Å². The molecule has 0 radical (unpaired) electrons. The maximum absolute atomic E-state index is 10.4. The van der Waals surface area contributed by atoms with Crippen molar-refractivity contribution in [2.24, 2.45) is 0 Å². The van der Waals surface area contributed by atoms with Crippen molar-refractivity contribution in [3.63, 3.8) is 0 Å². The van der Waals surface area contributed by atoms with Gasteiger partial charge in [-0.15, -0.1) is 0 Å². The molecule has 0 aliphatic heterocycles. The van der Waals surface area contributed by atoms with Crippen molar-refractivity contribution in [2.75, 3.05) is 17.8 Å². The SMILES string of the molecule is CSCCCn1ccnc1SCC(=O)O. The third-order valence-electron chi connectivity index (χ3n) is 1.75. The number of carboxylic acids is 1. The largest absolute Gasteiger partial charge is 0.481 e. The second kappa shape index (κ2) is 6.79. The molecule has 0 aliphatic carbocycles. The van der Waals surface area contributed by atoms with E-state index in [-0.39, 0.29) is 5.75 Å². The molecule has 0 aromatic carbocycles. The van der Waals surface area contributed by atoms with E-state index in [1.165, 1.54) is 11.8 Å². The zero-order chi connectivity index (χ0) is 11.1. The number of hydrogen-bond donors (Lipinski definition) is 1. The number of aliphatic carboxylic acids is 1. The number of aryl methyl sites for hydroxylation is 1. The summed E-state index contributed by atoms with van der Waals surface area (Å²) in [4.78, 5) is 14.5. The molecular weight excluding hydrogens is 232 g/mol. The van der Waals surface area contributed by atoms with E-state index in [9.17, 15) is 4.79 Å². The lowest BCUT2D eigenvalue weighted by atomic mass is 10.5. The molecule has 1 aromatic rings. The van der Waals surface area contributed by atoms with Gasteiger partial charge in [0.1, 0.15) is 0 Å². The fourth-order valence-electron chi connectivity index (χ4n) is 1.11. The molecule has 84 valence electrons. The van der Waals surface area contributed by atoms with Crippen LogP contribution in [0.2, 0.25) is 0 Å². The maximum Gasteiger partial charge on any atom is 0.313 e. The standard InChI is InChI=1S/C9H14N2O2S2/c1-14-6-2-4-11-5-3-10-9(11)15-7-8(12)13/h3,5H,2,4,6-7H2,1H3,(H,12,13). The van der Waals surface area contributed by atoms with Crippen LogP contribution < -0.4 is 0 Å². The molecule has 0 saturated carbocycles. The van der Waals surface area contributed by atoms with E-state index in [2.05, 4.69) is 11.2 Å². The Balaban J connectivity index is 2.42. The zero-order valence-corrected chi connectivity index (χ0v) is 10.2. The molecule has 0 spiro atoms. The average molecular weight is 246 g/mol. The van der Waals surface area contributed by atoms with Gasteiger partial charge in [-0.3, -0.25) is 4.79 Å². The van der Waals surface area contributed by atoms with Crippen molar-refractivity contribution in [2.45, 2.75) is 18.1 Å². The molecule has 1 heterocycles. The van der Waals surface area contributed by atoms with Crippen LogP contribution in [0.3, 0.4) is 0 Å². The molecule has 0 aliphatic rings. The smallest absolute Gasteiger partial charge is 0.313 e. The van der Waals surface area contributed by atoms with Gasteiger partial charge >= 0.3 is 5.97 Å². The van der Waals surface area contributed by atoms with E-state index in [1.54, 1.807) is 6.20 Å². The van der Waals surface area contributed by atoms with Gasteiger partial charge in [0.05, 0.1) is 5.75 Å². The first kappa shape index (κ1) is 12.4. The Morgan fingerprint density at radius 2 is 2.47 bits per heavy atom. The second-order valence-electron chi connectivity index (χ2n) is 2.93. The first-order chi connectivity index (χ1) is 7.24. The Morgan fingerprint density at radius 1 is 1.67 bits per heavy atom. The number of nitrogens with zero attached hydrogens (tertiary/aromatic N) is 2. The Hall–Kier alpha value is -0.620. The number of carbonyl (C=O) groups is 1. The molecule has 0 amide bonds. The molecule has 0 unspecified atom stereocenters. The van der Waals surface area contributed by atoms with Crippen LogP contribution in [0.15, 0.2) is 17.6 Å². The lowest BCUT2D eigenvalue weighted by Gasteiger charge is -2.05. The van der Waals surface area contributed by atoms with Crippen LogP contribution in [0.4, 0.5) is 0 Å². The highest BCUT2D eigenvalue weighted by Crippen LogP contribution is 2.15. The Labute approximate surface area is 97.5 Å². The van der Waals surface area contributed by atoms with E-state index in [0.717, 1.165) is 23.9 Å². The van der Waals surface area contributed by atoms with Gasteiger partial charge in [0.2, 0.25) is 0 Å². The van der Waals surface area contributed by atoms with Crippen molar-refractivity contribution < 1.29 is 9.90 Å². The maximum atomic E-state index is 10.4. The summed E-state index contributed by atoms with van der Waals surface area (Å²) in [5, 5.41) is 9.35. The fraction of sp³-hybridized carbons (Fsp3) is 0.556. The molecule has 1 rings (SSSR count). The topological polar surface area (TPSA) is 55.1 Å². The van der Waals surface area contributed by atoms with Crippen LogP contribution in [0.1, 0.15) is 6.42 Å². The van der Waals surface area contributed by atoms with Crippen LogP contribution in [0.5, 0.6) is 0 Å². The Morgan fingerprint density at radius 3 is 3.13 bits per heavy atom. The number of carboxylic acid groups (broad SMARTS) is 1. The van der Waals surface area contributed by atoms with Crippen LogP contribution in [-0.2, 0) is 11.3 Å². The molecule has 6 heteroatoms. The summed E-state index contributed by atoms with van der Waals surface area (Å²) in [5.74, 6) is 0.375. The average Bonchev–Trinajstić information content (AvgIpc) is 2.63. The number of aromatic nitrogens is 2. The van der Waals surface area contributed by atoms with Crippen molar-refractivity contribution in [1.29, 1.82) is 0 Å². The zero-order valence-electron chi connectivity index (χ0n) is 8.55. The summed E-state index contributed by atoms with van der Waals surface area (Å²) < 4.78 is 2.00. The highest BCUT2D eigenvalue weighted by molar-refractivity contribution is 7.99. The van der Waals surface area contributed by atoms with E-state index >= 15 is 0 Å². The van der Waals surface area contributed by atoms with Gasteiger partial charge in [0.15, 0.2) is 5.16 Å². The third kappa shape index (κ3) is 4.61. The van der Waals surface area contributed by atoms with Crippen LogP contribution in [0.25, 0.3) is 0 Å². The van der Waals surface area contributed by atoms with E-state index in [1.807, 2.05) is 22.5 Å². The highest BCUT2D eigenvalue weighted by Gasteiger charge is 2.05. The quantitative estimate of drug-likeness (QED) is 0.587. The normalized spacial score (nSPS) is 10.5. The number of thioether (sulfide) groups is 2. The molecule has 0 fully saturated rings. The molecule has 0 saturated heterocycles. The number of hydrogen-bond acceptors (Lipinski definition) is 4. The van der Waals surface area contributed by atoms with Crippen molar-refractivity contribution in [3.8, 4) is 0 Å². The number of imidazole rings is 1. The lowest BCUT2D eigenvalue weighted by molar-refractivity contribution is -0.133. The third-order valence-corrected chi connectivity index (χ3v) is 3.44. The summed E-state index contributed by atoms with van der Waals surface area (Å²) in [5.41, 5.74) is 0. The van der Waals surface area contributed by atoms with Crippen LogP contribution in [-0.4, -0.2) is 38.4 Å². The first-order valence-electron chi connectivity index (χ1n) is 4.58. The van der Waals surface area contributed by atoms with Crippen LogP contribution in [0, 0.1) is 0 Å². The van der Waals surface area contributed by atoms with Gasteiger partial charge in [-0.05, 0) is 18.4 Å². The summed E-state index contributed by atoms with van der Waals surface area (Å²) in [6, 6.07) is 0. The van der Waals surface area contributed by atoms with Gasteiger partial charge in [0, 0.05) is 18.9 Å². The van der Waals surface area contributed by atoms with Gasteiger partial charge < -0.3 is 9.67 Å². The van der Waals surface area contributed by atoms with Gasteiger partial charge in [-0.2, -0.15) is 11.8 Å². The van der Waals surface area contributed by atoms with Crippen molar-refractivity contribution in [1.82, 2.24) is 9.55 Å². The Kier molecular flexibility index (Phi) is 5.63. The molecule has 0 bridgehead atoms. The summed E-state index contributed by atoms with van der Waals surface area (Å²) in [6.07, 6.45) is 6.76. The predicted molar refractivity (Wildman–Crippen MR) is 63.6 cm³/mol. The second-order valence-corrected chi connectivity index (χ2v) is 4.86. The molecular formula is C9H14N2O2S2. The van der Waals surface area contributed by atoms with Gasteiger partial charge in [0.25, 0.3) is 0 Å². The predicted octanol–water partition coefficient (Wildman–Crippen LogP) is 1.81. The Bertz CT molecular complexity index is 315. The molecule has 0 atom stereocenters. The summed E-state index contributed by atoms with van der Waals surface area (Å²) in [7, 11) is 0. The monoisotopic (exact) mass is 246 g/mol. The minimum absolute atomic E-state index is 0.0690. The minimum atomic E-state index is -0.807. The van der Waals surface area contributed by atoms with E-state index < -0.39 is 5.97 Å². The number of rotatable bonds is 7. The molecule has 1 N–H and O–H groups in total. The first-order valence-corrected chi connectivity index (χ1v) is 6.96.